The Bertz CT molecular complexity index is 1280. The number of hydrogen-bond donors (Lipinski definition) is 2. The summed E-state index contributed by atoms with van der Waals surface area (Å²) in [6.07, 6.45) is 0. The molecular formula is C24H23N3O2S. The number of amides is 2. The number of carbonyl (C=O) groups is 1. The van der Waals surface area contributed by atoms with Crippen molar-refractivity contribution in [1.29, 1.82) is 0 Å². The minimum absolute atomic E-state index is 0.138. The highest BCUT2D eigenvalue weighted by molar-refractivity contribution is 7.09. The van der Waals surface area contributed by atoms with Gasteiger partial charge in [-0.2, -0.15) is 0 Å². The molecule has 30 heavy (non-hydrogen) atoms. The van der Waals surface area contributed by atoms with E-state index in [1.807, 2.05) is 73.8 Å². The van der Waals surface area contributed by atoms with Crippen LogP contribution in [0.4, 0.5) is 10.6 Å². The van der Waals surface area contributed by atoms with Crippen molar-refractivity contribution in [2.75, 3.05) is 5.32 Å². The van der Waals surface area contributed by atoms with E-state index in [0.717, 1.165) is 32.5 Å². The minimum Gasteiger partial charge on any atom is -0.333 e. The summed E-state index contributed by atoms with van der Waals surface area (Å²) in [5, 5.41) is 9.25. The lowest BCUT2D eigenvalue weighted by atomic mass is 9.96. The number of nitrogens with zero attached hydrogens (tertiary/aromatic N) is 1. The molecule has 0 radical (unpaired) electrons. The van der Waals surface area contributed by atoms with Crippen LogP contribution in [0.5, 0.6) is 0 Å². The molecule has 2 amide bonds. The fraction of sp³-hybridized carbons (Fsp3) is 0.167. The second-order valence-corrected chi connectivity index (χ2v) is 8.36. The van der Waals surface area contributed by atoms with Crippen molar-refractivity contribution in [3.63, 3.8) is 0 Å². The lowest BCUT2D eigenvalue weighted by Gasteiger charge is -2.19. The molecule has 0 atom stereocenters. The maximum atomic E-state index is 13.1. The van der Waals surface area contributed by atoms with Gasteiger partial charge >= 0.3 is 6.03 Å². The third-order valence-corrected chi connectivity index (χ3v) is 6.18. The van der Waals surface area contributed by atoms with E-state index in [0.29, 0.717) is 17.7 Å². The second kappa shape index (κ2) is 8.16. The van der Waals surface area contributed by atoms with Gasteiger partial charge in [-0.05, 0) is 53.4 Å². The molecule has 0 fully saturated rings. The van der Waals surface area contributed by atoms with Crippen LogP contribution in [0, 0.1) is 13.8 Å². The molecule has 2 aromatic carbocycles. The Kier molecular flexibility index (Phi) is 5.42. The van der Waals surface area contributed by atoms with Crippen LogP contribution in [0.2, 0.25) is 0 Å². The molecule has 4 rings (SSSR count). The van der Waals surface area contributed by atoms with Crippen LogP contribution in [0.25, 0.3) is 21.9 Å². The number of fused-ring (bicyclic) bond motifs is 1. The normalized spacial score (nSPS) is 10.9. The Morgan fingerprint density at radius 1 is 1.00 bits per heavy atom. The second-order valence-electron chi connectivity index (χ2n) is 7.32. The Morgan fingerprint density at radius 3 is 2.37 bits per heavy atom. The van der Waals surface area contributed by atoms with Gasteiger partial charge in [0.05, 0.1) is 6.54 Å². The maximum Gasteiger partial charge on any atom is 0.320 e. The van der Waals surface area contributed by atoms with Gasteiger partial charge in [-0.25, -0.2) is 4.79 Å². The Balaban J connectivity index is 1.85. The van der Waals surface area contributed by atoms with Crippen molar-refractivity contribution < 1.29 is 4.79 Å². The number of urea groups is 1. The van der Waals surface area contributed by atoms with E-state index in [2.05, 4.69) is 10.6 Å². The van der Waals surface area contributed by atoms with Crippen molar-refractivity contribution in [2.24, 2.45) is 7.05 Å². The lowest BCUT2D eigenvalue weighted by molar-refractivity contribution is 0.251. The van der Waals surface area contributed by atoms with Crippen LogP contribution in [-0.4, -0.2) is 10.6 Å². The number of rotatable bonds is 4. The summed E-state index contributed by atoms with van der Waals surface area (Å²) in [7, 11) is 1.69. The molecule has 2 N–H and O–H groups in total. The number of aromatic nitrogens is 1. The van der Waals surface area contributed by atoms with Crippen molar-refractivity contribution in [3.05, 3.63) is 86.3 Å². The molecule has 2 aromatic heterocycles. The molecule has 152 valence electrons. The maximum absolute atomic E-state index is 13.1. The summed E-state index contributed by atoms with van der Waals surface area (Å²) < 4.78 is 1.52. The Labute approximate surface area is 179 Å². The van der Waals surface area contributed by atoms with Gasteiger partial charge in [0.1, 0.15) is 5.82 Å². The van der Waals surface area contributed by atoms with Crippen molar-refractivity contribution in [2.45, 2.75) is 20.4 Å². The first-order valence-corrected chi connectivity index (χ1v) is 10.6. The van der Waals surface area contributed by atoms with Crippen LogP contribution in [0.3, 0.4) is 0 Å². The summed E-state index contributed by atoms with van der Waals surface area (Å²) in [6, 6.07) is 17.4. The van der Waals surface area contributed by atoms with Gasteiger partial charge in [-0.3, -0.25) is 14.7 Å². The van der Waals surface area contributed by atoms with E-state index >= 15 is 0 Å². The molecule has 5 nitrogen and oxygen atoms in total. The first-order chi connectivity index (χ1) is 14.5. The molecule has 6 heteroatoms. The Morgan fingerprint density at radius 2 is 1.70 bits per heavy atom. The summed E-state index contributed by atoms with van der Waals surface area (Å²) >= 11 is 1.58. The minimum atomic E-state index is -0.348. The van der Waals surface area contributed by atoms with Gasteiger partial charge in [0.25, 0.3) is 5.56 Å². The standard InChI is InChI=1S/C24H23N3O2S/c1-15-12-19-20(13-16(15)2)23(28)27(3)22(21(19)17-8-5-4-6-9-17)26-24(29)25-14-18-10-7-11-30-18/h4-13H,14H2,1-3H3,(H2,25,26,29). The average Bonchev–Trinajstić information content (AvgIpc) is 3.26. The number of thiophene rings is 1. The smallest absolute Gasteiger partial charge is 0.320 e. The zero-order chi connectivity index (χ0) is 21.3. The molecule has 0 aliphatic heterocycles. The number of aryl methyl sites for hydroxylation is 2. The van der Waals surface area contributed by atoms with Gasteiger partial charge in [-0.15, -0.1) is 11.3 Å². The van der Waals surface area contributed by atoms with Gasteiger partial charge in [0.2, 0.25) is 0 Å². The number of pyridine rings is 1. The third-order valence-electron chi connectivity index (χ3n) is 5.31. The molecule has 0 spiro atoms. The molecule has 0 bridgehead atoms. The predicted octanol–water partition coefficient (Wildman–Crippen LogP) is 5.21. The van der Waals surface area contributed by atoms with Crippen molar-refractivity contribution in [3.8, 4) is 11.1 Å². The van der Waals surface area contributed by atoms with Crippen molar-refractivity contribution >= 4 is 34.0 Å². The number of hydrogen-bond acceptors (Lipinski definition) is 3. The van der Waals surface area contributed by atoms with E-state index in [1.54, 1.807) is 18.4 Å². The zero-order valence-electron chi connectivity index (χ0n) is 17.2. The van der Waals surface area contributed by atoms with Crippen LogP contribution >= 0.6 is 11.3 Å². The van der Waals surface area contributed by atoms with Crippen LogP contribution in [0.1, 0.15) is 16.0 Å². The molecule has 0 saturated heterocycles. The van der Waals surface area contributed by atoms with Gasteiger partial charge in [0.15, 0.2) is 0 Å². The van der Waals surface area contributed by atoms with Gasteiger partial charge in [-0.1, -0.05) is 42.5 Å². The average molecular weight is 418 g/mol. The van der Waals surface area contributed by atoms with E-state index in [1.165, 1.54) is 4.57 Å². The summed E-state index contributed by atoms with van der Waals surface area (Å²) in [6.45, 7) is 4.46. The monoisotopic (exact) mass is 417 g/mol. The lowest BCUT2D eigenvalue weighted by Crippen LogP contribution is -2.31. The van der Waals surface area contributed by atoms with Crippen LogP contribution in [0.15, 0.2) is 64.8 Å². The Hall–Kier alpha value is -3.38. The highest BCUT2D eigenvalue weighted by Gasteiger charge is 2.19. The largest absolute Gasteiger partial charge is 0.333 e. The first kappa shape index (κ1) is 19.9. The van der Waals surface area contributed by atoms with E-state index in [9.17, 15) is 9.59 Å². The van der Waals surface area contributed by atoms with Crippen LogP contribution < -0.4 is 16.2 Å². The van der Waals surface area contributed by atoms with E-state index in [4.69, 9.17) is 0 Å². The highest BCUT2D eigenvalue weighted by Crippen LogP contribution is 2.34. The van der Waals surface area contributed by atoms with E-state index < -0.39 is 0 Å². The molecule has 0 aliphatic rings. The van der Waals surface area contributed by atoms with Crippen LogP contribution in [-0.2, 0) is 13.6 Å². The number of carbonyl (C=O) groups excluding carboxylic acids is 1. The fourth-order valence-electron chi connectivity index (χ4n) is 3.55. The first-order valence-electron chi connectivity index (χ1n) is 9.72. The summed E-state index contributed by atoms with van der Waals surface area (Å²) in [5.74, 6) is 0.477. The quantitative estimate of drug-likeness (QED) is 0.479. The predicted molar refractivity (Wildman–Crippen MR) is 124 cm³/mol. The number of anilines is 1. The van der Waals surface area contributed by atoms with Gasteiger partial charge in [0, 0.05) is 22.9 Å². The molecular weight excluding hydrogens is 394 g/mol. The van der Waals surface area contributed by atoms with Gasteiger partial charge < -0.3 is 5.32 Å². The zero-order valence-corrected chi connectivity index (χ0v) is 18.0. The topological polar surface area (TPSA) is 63.1 Å². The third kappa shape index (κ3) is 3.74. The fourth-order valence-corrected chi connectivity index (χ4v) is 4.20. The molecule has 4 aromatic rings. The molecule has 0 aliphatic carbocycles. The number of benzene rings is 2. The summed E-state index contributed by atoms with van der Waals surface area (Å²) in [5.41, 5.74) is 3.80. The van der Waals surface area contributed by atoms with E-state index in [-0.39, 0.29) is 11.6 Å². The summed E-state index contributed by atoms with van der Waals surface area (Å²) in [4.78, 5) is 26.9. The SMILES string of the molecule is Cc1cc2c(-c3ccccc3)c(NC(=O)NCc3cccs3)n(C)c(=O)c2cc1C. The molecule has 0 saturated carbocycles. The number of nitrogens with one attached hydrogen (secondary N) is 2. The van der Waals surface area contributed by atoms with Crippen molar-refractivity contribution in [1.82, 2.24) is 9.88 Å². The highest BCUT2D eigenvalue weighted by atomic mass is 32.1. The molecule has 0 unspecified atom stereocenters. The molecule has 2 heterocycles.